The van der Waals surface area contributed by atoms with Crippen LogP contribution in [0.2, 0.25) is 0 Å². The predicted octanol–water partition coefficient (Wildman–Crippen LogP) is 3.72. The molecule has 32 heavy (non-hydrogen) atoms. The van der Waals surface area contributed by atoms with Gasteiger partial charge in [-0.3, -0.25) is 9.78 Å². The molecule has 1 fully saturated rings. The minimum atomic E-state index is -0.457. The second kappa shape index (κ2) is 8.31. The van der Waals surface area contributed by atoms with E-state index in [4.69, 9.17) is 4.74 Å². The second-order valence-electron chi connectivity index (χ2n) is 9.43. The van der Waals surface area contributed by atoms with E-state index in [2.05, 4.69) is 53.4 Å². The third-order valence-corrected chi connectivity index (χ3v) is 5.43. The SMILES string of the molecule is CC1(C)CC(Nc2cnc(-c3ccc(-n4cc(F)cn4)cc3OC=O)cn2)CC(C)(C)N1. The Morgan fingerprint density at radius 1 is 1.16 bits per heavy atom. The molecule has 0 spiro atoms. The molecule has 1 aliphatic heterocycles. The summed E-state index contributed by atoms with van der Waals surface area (Å²) in [6.07, 6.45) is 7.59. The van der Waals surface area contributed by atoms with E-state index >= 15 is 0 Å². The van der Waals surface area contributed by atoms with Crippen molar-refractivity contribution in [1.29, 1.82) is 0 Å². The number of carbonyl (C=O) groups is 1. The second-order valence-corrected chi connectivity index (χ2v) is 9.43. The molecule has 0 radical (unpaired) electrons. The van der Waals surface area contributed by atoms with Crippen molar-refractivity contribution in [3.63, 3.8) is 0 Å². The molecule has 2 aromatic heterocycles. The Balaban J connectivity index is 1.55. The summed E-state index contributed by atoms with van der Waals surface area (Å²) in [4.78, 5) is 20.1. The smallest absolute Gasteiger partial charge is 0.298 e. The Labute approximate surface area is 186 Å². The molecule has 3 aromatic rings. The average Bonchev–Trinajstić information content (AvgIpc) is 3.13. The van der Waals surface area contributed by atoms with Gasteiger partial charge in [0.05, 0.1) is 36.2 Å². The molecule has 1 aliphatic rings. The van der Waals surface area contributed by atoms with Crippen molar-refractivity contribution in [2.75, 3.05) is 5.32 Å². The Hall–Kier alpha value is -3.33. The van der Waals surface area contributed by atoms with Crippen molar-refractivity contribution in [3.8, 4) is 22.7 Å². The molecule has 8 nitrogen and oxygen atoms in total. The monoisotopic (exact) mass is 438 g/mol. The van der Waals surface area contributed by atoms with Crippen LogP contribution in [0.4, 0.5) is 10.2 Å². The fourth-order valence-electron chi connectivity index (χ4n) is 4.63. The number of rotatable bonds is 6. The number of hydrogen-bond donors (Lipinski definition) is 2. The highest BCUT2D eigenvalue weighted by molar-refractivity contribution is 5.71. The maximum absolute atomic E-state index is 13.3. The summed E-state index contributed by atoms with van der Waals surface area (Å²) in [5, 5.41) is 11.1. The fourth-order valence-corrected chi connectivity index (χ4v) is 4.63. The van der Waals surface area contributed by atoms with Crippen molar-refractivity contribution in [2.24, 2.45) is 0 Å². The van der Waals surface area contributed by atoms with E-state index in [0.717, 1.165) is 19.0 Å². The van der Waals surface area contributed by atoms with Gasteiger partial charge in [-0.25, -0.2) is 14.1 Å². The van der Waals surface area contributed by atoms with Gasteiger partial charge in [-0.2, -0.15) is 5.10 Å². The number of nitrogens with zero attached hydrogens (tertiary/aromatic N) is 4. The zero-order valence-electron chi connectivity index (χ0n) is 18.6. The topological polar surface area (TPSA) is 94.0 Å². The van der Waals surface area contributed by atoms with E-state index < -0.39 is 5.82 Å². The summed E-state index contributed by atoms with van der Waals surface area (Å²) in [5.41, 5.74) is 1.74. The normalized spacial score (nSPS) is 17.7. The van der Waals surface area contributed by atoms with E-state index in [-0.39, 0.29) is 22.9 Å². The van der Waals surface area contributed by atoms with Crippen molar-refractivity contribution >= 4 is 12.3 Å². The average molecular weight is 439 g/mol. The molecular weight excluding hydrogens is 411 g/mol. The quantitative estimate of drug-likeness (QED) is 0.567. The minimum absolute atomic E-state index is 0.0209. The van der Waals surface area contributed by atoms with E-state index in [1.165, 1.54) is 10.9 Å². The van der Waals surface area contributed by atoms with E-state index in [9.17, 15) is 9.18 Å². The van der Waals surface area contributed by atoms with Gasteiger partial charge in [-0.1, -0.05) is 0 Å². The van der Waals surface area contributed by atoms with Crippen LogP contribution in [-0.4, -0.2) is 43.3 Å². The molecule has 0 unspecified atom stereocenters. The number of anilines is 1. The molecule has 4 rings (SSSR count). The summed E-state index contributed by atoms with van der Waals surface area (Å²) < 4.78 is 19.8. The number of carbonyl (C=O) groups excluding carboxylic acids is 1. The first kappa shape index (κ1) is 21.9. The molecule has 0 bridgehead atoms. The number of benzene rings is 1. The number of nitrogens with one attached hydrogen (secondary N) is 2. The van der Waals surface area contributed by atoms with Crippen LogP contribution in [0.25, 0.3) is 16.9 Å². The molecule has 168 valence electrons. The van der Waals surface area contributed by atoms with Crippen molar-refractivity contribution in [1.82, 2.24) is 25.1 Å². The van der Waals surface area contributed by atoms with Gasteiger partial charge in [0.1, 0.15) is 11.6 Å². The fraction of sp³-hybridized carbons (Fsp3) is 0.391. The van der Waals surface area contributed by atoms with Crippen molar-refractivity contribution in [3.05, 3.63) is 48.8 Å². The van der Waals surface area contributed by atoms with Crippen LogP contribution < -0.4 is 15.4 Å². The summed E-state index contributed by atoms with van der Waals surface area (Å²) in [6.45, 7) is 9.15. The Bertz CT molecular complexity index is 1090. The molecule has 0 atom stereocenters. The molecule has 3 heterocycles. The molecule has 1 saturated heterocycles. The van der Waals surface area contributed by atoms with Gasteiger partial charge in [0.25, 0.3) is 6.47 Å². The maximum atomic E-state index is 13.3. The van der Waals surface area contributed by atoms with Crippen molar-refractivity contribution in [2.45, 2.75) is 57.7 Å². The first-order valence-corrected chi connectivity index (χ1v) is 10.5. The standard InChI is InChI=1S/C23H27FN6O2/c1-22(2)8-16(9-23(3,4)29-22)28-21-12-25-19(11-26-21)18-6-5-17(7-20(18)32-14-31)30-13-15(24)10-27-30/h5-7,10-14,16,29H,8-9H2,1-4H3,(H,26,28). The summed E-state index contributed by atoms with van der Waals surface area (Å²) in [7, 11) is 0. The maximum Gasteiger partial charge on any atom is 0.298 e. The molecule has 0 saturated carbocycles. The molecular formula is C23H27FN6O2. The summed E-state index contributed by atoms with van der Waals surface area (Å²) in [5.74, 6) is 0.514. The molecule has 0 amide bonds. The van der Waals surface area contributed by atoms with Crippen LogP contribution in [0.3, 0.4) is 0 Å². The predicted molar refractivity (Wildman–Crippen MR) is 119 cm³/mol. The van der Waals surface area contributed by atoms with Crippen LogP contribution in [0.5, 0.6) is 5.75 Å². The summed E-state index contributed by atoms with van der Waals surface area (Å²) >= 11 is 0. The van der Waals surface area contributed by atoms with Gasteiger partial charge in [0.15, 0.2) is 5.82 Å². The van der Waals surface area contributed by atoms with E-state index in [1.54, 1.807) is 30.6 Å². The third kappa shape index (κ3) is 4.94. The van der Waals surface area contributed by atoms with E-state index in [0.29, 0.717) is 29.2 Å². The molecule has 2 N–H and O–H groups in total. The van der Waals surface area contributed by atoms with Crippen LogP contribution in [-0.2, 0) is 4.79 Å². The lowest BCUT2D eigenvalue weighted by molar-refractivity contribution is -0.120. The first-order chi connectivity index (χ1) is 15.1. The number of aromatic nitrogens is 4. The zero-order valence-corrected chi connectivity index (χ0v) is 18.6. The lowest BCUT2D eigenvalue weighted by Gasteiger charge is -2.46. The lowest BCUT2D eigenvalue weighted by Crippen LogP contribution is -2.60. The number of hydrogen-bond acceptors (Lipinski definition) is 7. The molecule has 0 aliphatic carbocycles. The first-order valence-electron chi connectivity index (χ1n) is 10.5. The molecule has 9 heteroatoms. The largest absolute Gasteiger partial charge is 0.428 e. The number of halogens is 1. The highest BCUT2D eigenvalue weighted by Gasteiger charge is 2.37. The van der Waals surface area contributed by atoms with Gasteiger partial charge >= 0.3 is 0 Å². The van der Waals surface area contributed by atoms with Gasteiger partial charge in [-0.15, -0.1) is 0 Å². The van der Waals surface area contributed by atoms with Gasteiger partial charge in [0, 0.05) is 28.7 Å². The Morgan fingerprint density at radius 2 is 1.91 bits per heavy atom. The minimum Gasteiger partial charge on any atom is -0.428 e. The molecule has 1 aromatic carbocycles. The van der Waals surface area contributed by atoms with Gasteiger partial charge < -0.3 is 15.4 Å². The van der Waals surface area contributed by atoms with Crippen LogP contribution in [0, 0.1) is 5.82 Å². The Morgan fingerprint density at radius 3 is 2.50 bits per heavy atom. The zero-order chi connectivity index (χ0) is 22.9. The highest BCUT2D eigenvalue weighted by atomic mass is 19.1. The highest BCUT2D eigenvalue weighted by Crippen LogP contribution is 2.32. The van der Waals surface area contributed by atoms with Crippen LogP contribution >= 0.6 is 0 Å². The number of piperidine rings is 1. The Kier molecular flexibility index (Phi) is 5.68. The number of ether oxygens (including phenoxy) is 1. The van der Waals surface area contributed by atoms with Crippen LogP contribution in [0.15, 0.2) is 43.0 Å². The van der Waals surface area contributed by atoms with Crippen LogP contribution in [0.1, 0.15) is 40.5 Å². The van der Waals surface area contributed by atoms with Gasteiger partial charge in [0.2, 0.25) is 0 Å². The third-order valence-electron chi connectivity index (χ3n) is 5.43. The van der Waals surface area contributed by atoms with Gasteiger partial charge in [-0.05, 0) is 52.7 Å². The van der Waals surface area contributed by atoms with Crippen molar-refractivity contribution < 1.29 is 13.9 Å². The summed E-state index contributed by atoms with van der Waals surface area (Å²) in [6, 6.07) is 5.35. The lowest BCUT2D eigenvalue weighted by atomic mass is 9.79. The van der Waals surface area contributed by atoms with E-state index in [1.807, 2.05) is 0 Å².